The largest absolute Gasteiger partial charge is 0.444 e. The molecule has 1 aromatic carbocycles. The number of nitrogens with zero attached hydrogens (tertiary/aromatic N) is 2. The van der Waals surface area contributed by atoms with Crippen LogP contribution in [0.15, 0.2) is 28.9 Å². The summed E-state index contributed by atoms with van der Waals surface area (Å²) in [6.07, 6.45) is 8.05. The minimum Gasteiger partial charge on any atom is -0.444 e. The van der Waals surface area contributed by atoms with E-state index in [1.54, 1.807) is 6.26 Å². The van der Waals surface area contributed by atoms with Crippen molar-refractivity contribution in [2.45, 2.75) is 52.0 Å². The summed E-state index contributed by atoms with van der Waals surface area (Å²) < 4.78 is 5.56. The average molecular weight is 365 g/mol. The number of rotatable bonds is 2. The summed E-state index contributed by atoms with van der Waals surface area (Å²) in [7, 11) is 0. The lowest BCUT2D eigenvalue weighted by atomic mass is 9.68. The van der Waals surface area contributed by atoms with Crippen LogP contribution in [-0.2, 0) is 0 Å². The molecule has 142 valence electrons. The third-order valence-corrected chi connectivity index (χ3v) is 6.71. The standard InChI is InChI=1S/C22H27N3O2/c1-13-3-4-18(10-20(13)21-23-14(2)12-27-21)24-22(26)25-11-17-6-15-5-16(7-17)9-19(25)8-15/h3-4,10,12,15-17,19H,5-9,11H2,1-2H3,(H,24,26). The molecule has 2 aromatic rings. The number of urea groups is 1. The Morgan fingerprint density at radius 3 is 2.56 bits per heavy atom. The number of nitrogens with one attached hydrogen (secondary N) is 1. The quantitative estimate of drug-likeness (QED) is 0.815. The molecule has 3 heterocycles. The van der Waals surface area contributed by atoms with Gasteiger partial charge < -0.3 is 14.6 Å². The molecule has 4 bridgehead atoms. The van der Waals surface area contributed by atoms with Gasteiger partial charge in [-0.3, -0.25) is 0 Å². The summed E-state index contributed by atoms with van der Waals surface area (Å²) in [4.78, 5) is 19.7. The molecule has 2 aliphatic carbocycles. The number of oxazole rings is 1. The average Bonchev–Trinajstić information content (AvgIpc) is 2.96. The molecule has 2 unspecified atom stereocenters. The lowest BCUT2D eigenvalue weighted by Crippen LogP contribution is -2.44. The zero-order chi connectivity index (χ0) is 18.5. The summed E-state index contributed by atoms with van der Waals surface area (Å²) >= 11 is 0. The maximum absolute atomic E-state index is 13.1. The fourth-order valence-electron chi connectivity index (χ4n) is 5.64. The van der Waals surface area contributed by atoms with Crippen LogP contribution in [0, 0.1) is 31.6 Å². The molecule has 2 saturated carbocycles. The van der Waals surface area contributed by atoms with Gasteiger partial charge >= 0.3 is 6.03 Å². The molecule has 6 rings (SSSR count). The van der Waals surface area contributed by atoms with Gasteiger partial charge in [0.1, 0.15) is 6.26 Å². The molecule has 5 nitrogen and oxygen atoms in total. The summed E-state index contributed by atoms with van der Waals surface area (Å²) in [6, 6.07) is 6.42. The summed E-state index contributed by atoms with van der Waals surface area (Å²) in [5.41, 5.74) is 3.67. The third-order valence-electron chi connectivity index (χ3n) is 6.71. The number of aromatic nitrogens is 1. The lowest BCUT2D eigenvalue weighted by Gasteiger charge is -2.38. The molecule has 0 radical (unpaired) electrons. The number of carbonyl (C=O) groups excluding carboxylic acids is 1. The Morgan fingerprint density at radius 2 is 1.85 bits per heavy atom. The maximum atomic E-state index is 13.1. The second-order valence-electron chi connectivity index (χ2n) is 8.84. The van der Waals surface area contributed by atoms with Gasteiger partial charge in [-0.2, -0.15) is 0 Å². The zero-order valence-electron chi connectivity index (χ0n) is 16.1. The van der Waals surface area contributed by atoms with Gasteiger partial charge in [0.25, 0.3) is 0 Å². The molecule has 2 saturated heterocycles. The number of amides is 2. The minimum absolute atomic E-state index is 0.0478. The van der Waals surface area contributed by atoms with E-state index in [9.17, 15) is 4.79 Å². The molecule has 0 spiro atoms. The fourth-order valence-corrected chi connectivity index (χ4v) is 5.64. The molecule has 1 N–H and O–H groups in total. The topological polar surface area (TPSA) is 58.4 Å². The second kappa shape index (κ2) is 6.39. The van der Waals surface area contributed by atoms with E-state index in [0.29, 0.717) is 17.9 Å². The summed E-state index contributed by atoms with van der Waals surface area (Å²) in [6.45, 7) is 4.86. The van der Waals surface area contributed by atoms with Gasteiger partial charge in [0.15, 0.2) is 0 Å². The number of hydrogen-bond acceptors (Lipinski definition) is 3. The smallest absolute Gasteiger partial charge is 0.322 e. The first-order valence-corrected chi connectivity index (χ1v) is 10.2. The van der Waals surface area contributed by atoms with Crippen LogP contribution in [0.2, 0.25) is 0 Å². The molecule has 5 heteroatoms. The molecule has 27 heavy (non-hydrogen) atoms. The van der Waals surface area contributed by atoms with Crippen LogP contribution in [0.25, 0.3) is 11.5 Å². The van der Waals surface area contributed by atoms with Crippen LogP contribution in [0.3, 0.4) is 0 Å². The SMILES string of the molecule is Cc1coc(-c2cc(NC(=O)N3CC4CC5CC(C4)CC3C5)ccc2C)n1. The number of hydrogen-bond donors (Lipinski definition) is 1. The van der Waals surface area contributed by atoms with Crippen molar-refractivity contribution in [1.82, 2.24) is 9.88 Å². The molecular formula is C22H27N3O2. The van der Waals surface area contributed by atoms with Crippen molar-refractivity contribution >= 4 is 11.7 Å². The highest BCUT2D eigenvalue weighted by atomic mass is 16.3. The Morgan fingerprint density at radius 1 is 1.11 bits per heavy atom. The molecule has 2 aliphatic heterocycles. The predicted molar refractivity (Wildman–Crippen MR) is 104 cm³/mol. The van der Waals surface area contributed by atoms with Crippen LogP contribution >= 0.6 is 0 Å². The van der Waals surface area contributed by atoms with Crippen molar-refractivity contribution in [3.05, 3.63) is 35.7 Å². The van der Waals surface area contributed by atoms with Gasteiger partial charge in [0.05, 0.1) is 5.69 Å². The van der Waals surface area contributed by atoms with E-state index in [4.69, 9.17) is 4.42 Å². The van der Waals surface area contributed by atoms with Gasteiger partial charge in [-0.15, -0.1) is 0 Å². The van der Waals surface area contributed by atoms with Crippen LogP contribution in [0.4, 0.5) is 10.5 Å². The van der Waals surface area contributed by atoms with Crippen molar-refractivity contribution < 1.29 is 9.21 Å². The van der Waals surface area contributed by atoms with Crippen LogP contribution in [0.5, 0.6) is 0 Å². The van der Waals surface area contributed by atoms with Gasteiger partial charge in [-0.25, -0.2) is 9.78 Å². The van der Waals surface area contributed by atoms with E-state index in [1.165, 1.54) is 32.1 Å². The lowest BCUT2D eigenvalue weighted by molar-refractivity contribution is 0.136. The second-order valence-corrected chi connectivity index (χ2v) is 8.84. The highest BCUT2D eigenvalue weighted by molar-refractivity contribution is 5.90. The van der Waals surface area contributed by atoms with Gasteiger partial charge in [0, 0.05) is 23.8 Å². The summed E-state index contributed by atoms with van der Waals surface area (Å²) in [5.74, 6) is 2.97. The Balaban J connectivity index is 1.37. The Kier molecular flexibility index (Phi) is 3.99. The van der Waals surface area contributed by atoms with Gasteiger partial charge in [-0.05, 0) is 81.4 Å². The van der Waals surface area contributed by atoms with Crippen molar-refractivity contribution in [1.29, 1.82) is 0 Å². The van der Waals surface area contributed by atoms with Crippen molar-refractivity contribution in [3.8, 4) is 11.5 Å². The third kappa shape index (κ3) is 3.13. The summed E-state index contributed by atoms with van der Waals surface area (Å²) in [5, 5.41) is 3.14. The molecule has 2 amide bonds. The molecule has 1 aromatic heterocycles. The molecule has 4 aliphatic rings. The highest BCUT2D eigenvalue weighted by Crippen LogP contribution is 2.47. The van der Waals surface area contributed by atoms with Crippen molar-refractivity contribution in [2.24, 2.45) is 17.8 Å². The van der Waals surface area contributed by atoms with E-state index in [0.717, 1.165) is 40.9 Å². The first-order chi connectivity index (χ1) is 13.0. The van der Waals surface area contributed by atoms with E-state index in [1.807, 2.05) is 32.0 Å². The monoisotopic (exact) mass is 365 g/mol. The maximum Gasteiger partial charge on any atom is 0.322 e. The Labute approximate surface area is 160 Å². The number of carbonyl (C=O) groups is 1. The zero-order valence-corrected chi connectivity index (χ0v) is 16.1. The Hall–Kier alpha value is -2.30. The highest BCUT2D eigenvalue weighted by Gasteiger charge is 2.44. The fraction of sp³-hybridized carbons (Fsp3) is 0.545. The van der Waals surface area contributed by atoms with Gasteiger partial charge in [0.2, 0.25) is 5.89 Å². The molecule has 4 fully saturated rings. The molecule has 2 atom stereocenters. The van der Waals surface area contributed by atoms with Crippen LogP contribution in [-0.4, -0.2) is 28.5 Å². The predicted octanol–water partition coefficient (Wildman–Crippen LogP) is 5.00. The molecular weight excluding hydrogens is 338 g/mol. The van der Waals surface area contributed by atoms with E-state index >= 15 is 0 Å². The number of benzene rings is 1. The first-order valence-electron chi connectivity index (χ1n) is 10.2. The van der Waals surface area contributed by atoms with E-state index < -0.39 is 0 Å². The van der Waals surface area contributed by atoms with Gasteiger partial charge in [-0.1, -0.05) is 6.07 Å². The minimum atomic E-state index is 0.0478. The van der Waals surface area contributed by atoms with E-state index in [-0.39, 0.29) is 6.03 Å². The van der Waals surface area contributed by atoms with Crippen molar-refractivity contribution in [2.75, 3.05) is 11.9 Å². The van der Waals surface area contributed by atoms with E-state index in [2.05, 4.69) is 15.2 Å². The number of anilines is 1. The van der Waals surface area contributed by atoms with Crippen molar-refractivity contribution in [3.63, 3.8) is 0 Å². The Bertz CT molecular complexity index is 860. The number of aryl methyl sites for hydroxylation is 2. The number of fused-ring (bicyclic) bond motifs is 1. The van der Waals surface area contributed by atoms with Crippen LogP contribution in [0.1, 0.15) is 43.4 Å². The normalized spacial score (nSPS) is 29.0. The first kappa shape index (κ1) is 16.8. The van der Waals surface area contributed by atoms with Crippen LogP contribution < -0.4 is 5.32 Å².